The highest BCUT2D eigenvalue weighted by Gasteiger charge is 2.32. The fourth-order valence-corrected chi connectivity index (χ4v) is 7.50. The summed E-state index contributed by atoms with van der Waals surface area (Å²) < 4.78 is 22.7. The molecule has 0 saturated carbocycles. The number of methoxy groups -OCH3 is 4. The number of ether oxygens (including phenoxy) is 4. The van der Waals surface area contributed by atoms with Crippen molar-refractivity contribution in [1.29, 1.82) is 0 Å². The summed E-state index contributed by atoms with van der Waals surface area (Å²) in [5.74, 6) is 1.68. The Morgan fingerprint density at radius 1 is 0.860 bits per heavy atom. The van der Waals surface area contributed by atoms with Crippen LogP contribution in [0.25, 0.3) is 22.0 Å². The Hall–Kier alpha value is -5.19. The number of carbonyl (C=O) groups excluding carboxylic acids is 2. The standard InChI is InChI=1S/C39H46N4O7/c1-20(2)35(39(46)43-31-10-8-9-25-26-18-23(47-4)12-15-29(26)41-36(25)31)42-30-16-13-24-27(19-32(30)45)28(40-21(3)44)14-11-22-17-33(48-5)37(49-6)38(50-7)34(22)24/h12-13,15-20,28,31,35,41H,8-11,14H2,1-7H3,(H,40,44)(H,42,45)(H,43,46)/t28-,31+,35-/m0/s1. The third kappa shape index (κ3) is 6.44. The lowest BCUT2D eigenvalue weighted by atomic mass is 9.91. The maximum absolute atomic E-state index is 14.0. The summed E-state index contributed by atoms with van der Waals surface area (Å²) in [5, 5.41) is 10.7. The average molecular weight is 683 g/mol. The third-order valence-electron chi connectivity index (χ3n) is 9.91. The predicted octanol–water partition coefficient (Wildman–Crippen LogP) is 5.98. The van der Waals surface area contributed by atoms with Gasteiger partial charge >= 0.3 is 0 Å². The Labute approximate surface area is 292 Å². The van der Waals surface area contributed by atoms with Gasteiger partial charge in [-0.2, -0.15) is 0 Å². The number of anilines is 1. The SMILES string of the molecule is COc1ccc2[nH]c3c(c2c1)CCC[C@H]3NC(=O)[C@@H](Nc1ccc2c(cc1=O)[C@@H](NC(C)=O)CCc1cc(OC)c(OC)c(OC)c1-2)C(C)C. The molecule has 4 N–H and O–H groups in total. The lowest BCUT2D eigenvalue weighted by Crippen LogP contribution is -2.45. The smallest absolute Gasteiger partial charge is 0.243 e. The molecule has 0 radical (unpaired) electrons. The Kier molecular flexibility index (Phi) is 9.95. The molecule has 1 aromatic heterocycles. The summed E-state index contributed by atoms with van der Waals surface area (Å²) in [5.41, 5.74) is 6.26. The average Bonchev–Trinajstić information content (AvgIpc) is 3.32. The summed E-state index contributed by atoms with van der Waals surface area (Å²) in [7, 11) is 6.34. The van der Waals surface area contributed by atoms with Crippen molar-refractivity contribution in [3.63, 3.8) is 0 Å². The Morgan fingerprint density at radius 3 is 2.32 bits per heavy atom. The maximum atomic E-state index is 14.0. The number of amides is 2. The van der Waals surface area contributed by atoms with Gasteiger partial charge in [0, 0.05) is 29.1 Å². The maximum Gasteiger partial charge on any atom is 0.243 e. The number of benzene rings is 2. The molecule has 0 spiro atoms. The number of hydrogen-bond acceptors (Lipinski definition) is 8. The number of hydrogen-bond donors (Lipinski definition) is 4. The van der Waals surface area contributed by atoms with E-state index in [1.807, 2.05) is 44.2 Å². The fourth-order valence-electron chi connectivity index (χ4n) is 7.50. The van der Waals surface area contributed by atoms with E-state index in [0.717, 1.165) is 58.3 Å². The molecule has 264 valence electrons. The number of aromatic amines is 1. The predicted molar refractivity (Wildman–Crippen MR) is 194 cm³/mol. The van der Waals surface area contributed by atoms with Crippen LogP contribution in [-0.2, 0) is 22.4 Å². The van der Waals surface area contributed by atoms with Gasteiger partial charge in [-0.05, 0) is 96.7 Å². The largest absolute Gasteiger partial charge is 0.497 e. The molecule has 0 fully saturated rings. The molecule has 2 aliphatic carbocycles. The van der Waals surface area contributed by atoms with Crippen LogP contribution in [0.1, 0.15) is 74.5 Å². The molecule has 0 unspecified atom stereocenters. The first-order valence-corrected chi connectivity index (χ1v) is 17.1. The quantitative estimate of drug-likeness (QED) is 0.160. The van der Waals surface area contributed by atoms with Crippen LogP contribution >= 0.6 is 0 Å². The normalized spacial score (nSPS) is 17.0. The molecule has 4 aromatic rings. The van der Waals surface area contributed by atoms with E-state index in [0.29, 0.717) is 35.7 Å². The fraction of sp³-hybridized carbons (Fsp3) is 0.410. The molecule has 2 amide bonds. The molecule has 0 saturated heterocycles. The second-order valence-corrected chi connectivity index (χ2v) is 13.3. The van der Waals surface area contributed by atoms with Crippen LogP contribution in [0.2, 0.25) is 0 Å². The van der Waals surface area contributed by atoms with E-state index in [1.54, 1.807) is 40.6 Å². The lowest BCUT2D eigenvalue weighted by Gasteiger charge is -2.28. The number of aryl methyl sites for hydroxylation is 2. The molecule has 0 aliphatic heterocycles. The van der Waals surface area contributed by atoms with Crippen LogP contribution in [0.3, 0.4) is 0 Å². The first-order valence-electron chi connectivity index (χ1n) is 17.1. The highest BCUT2D eigenvalue weighted by Crippen LogP contribution is 2.50. The van der Waals surface area contributed by atoms with Crippen molar-refractivity contribution in [3.8, 4) is 34.1 Å². The van der Waals surface area contributed by atoms with E-state index in [2.05, 4.69) is 20.9 Å². The van der Waals surface area contributed by atoms with E-state index < -0.39 is 12.1 Å². The first-order chi connectivity index (χ1) is 24.1. The van der Waals surface area contributed by atoms with Gasteiger partial charge in [-0.3, -0.25) is 14.4 Å². The topological polar surface area (TPSA) is 140 Å². The molecule has 11 nitrogen and oxygen atoms in total. The minimum Gasteiger partial charge on any atom is -0.497 e. The molecule has 3 atom stereocenters. The number of carbonyl (C=O) groups is 2. The minimum atomic E-state index is -0.697. The van der Waals surface area contributed by atoms with Crippen LogP contribution in [0.15, 0.2) is 47.3 Å². The number of rotatable bonds is 10. The Bertz CT molecular complexity index is 2000. The van der Waals surface area contributed by atoms with E-state index in [4.69, 9.17) is 18.9 Å². The molecule has 50 heavy (non-hydrogen) atoms. The van der Waals surface area contributed by atoms with Gasteiger partial charge in [-0.1, -0.05) is 19.9 Å². The molecule has 11 heteroatoms. The Morgan fingerprint density at radius 2 is 1.64 bits per heavy atom. The van der Waals surface area contributed by atoms with Gasteiger partial charge < -0.3 is 39.9 Å². The highest BCUT2D eigenvalue weighted by molar-refractivity contribution is 5.89. The second kappa shape index (κ2) is 14.3. The van der Waals surface area contributed by atoms with Crippen molar-refractivity contribution in [1.82, 2.24) is 15.6 Å². The zero-order valence-corrected chi connectivity index (χ0v) is 29.7. The van der Waals surface area contributed by atoms with Crippen molar-refractivity contribution < 1.29 is 28.5 Å². The molecule has 6 rings (SSSR count). The van der Waals surface area contributed by atoms with Crippen LogP contribution in [-0.4, -0.2) is 51.3 Å². The van der Waals surface area contributed by atoms with Crippen molar-refractivity contribution in [3.05, 3.63) is 75.1 Å². The van der Waals surface area contributed by atoms with Crippen molar-refractivity contribution in [2.45, 2.75) is 71.0 Å². The van der Waals surface area contributed by atoms with E-state index >= 15 is 0 Å². The zero-order valence-electron chi connectivity index (χ0n) is 29.7. The van der Waals surface area contributed by atoms with Crippen LogP contribution in [0.5, 0.6) is 23.0 Å². The van der Waals surface area contributed by atoms with Crippen LogP contribution in [0.4, 0.5) is 5.69 Å². The van der Waals surface area contributed by atoms with E-state index in [1.165, 1.54) is 12.5 Å². The number of fused-ring (bicyclic) bond motifs is 6. The summed E-state index contributed by atoms with van der Waals surface area (Å²) >= 11 is 0. The molecular weight excluding hydrogens is 636 g/mol. The number of nitrogens with one attached hydrogen (secondary N) is 4. The van der Waals surface area contributed by atoms with Gasteiger partial charge in [0.2, 0.25) is 23.0 Å². The molecule has 2 aliphatic rings. The molecule has 1 heterocycles. The van der Waals surface area contributed by atoms with Crippen molar-refractivity contribution >= 4 is 28.4 Å². The first kappa shape index (κ1) is 34.7. The van der Waals surface area contributed by atoms with E-state index in [9.17, 15) is 14.4 Å². The monoisotopic (exact) mass is 682 g/mol. The van der Waals surface area contributed by atoms with Crippen LogP contribution < -0.4 is 40.3 Å². The summed E-state index contributed by atoms with van der Waals surface area (Å²) in [6.07, 6.45) is 3.79. The van der Waals surface area contributed by atoms with Crippen molar-refractivity contribution in [2.75, 3.05) is 33.8 Å². The van der Waals surface area contributed by atoms with Crippen molar-refractivity contribution in [2.24, 2.45) is 5.92 Å². The van der Waals surface area contributed by atoms with Gasteiger partial charge in [0.25, 0.3) is 0 Å². The summed E-state index contributed by atoms with van der Waals surface area (Å²) in [6, 6.07) is 11.7. The Balaban J connectivity index is 1.37. The number of aromatic nitrogens is 1. The zero-order chi connectivity index (χ0) is 35.7. The second-order valence-electron chi connectivity index (χ2n) is 13.3. The lowest BCUT2D eigenvalue weighted by molar-refractivity contribution is -0.123. The highest BCUT2D eigenvalue weighted by atomic mass is 16.5. The van der Waals surface area contributed by atoms with Gasteiger partial charge in [-0.25, -0.2) is 0 Å². The number of H-pyrrole nitrogens is 1. The van der Waals surface area contributed by atoms with E-state index in [-0.39, 0.29) is 34.9 Å². The minimum absolute atomic E-state index is 0.141. The van der Waals surface area contributed by atoms with Gasteiger partial charge in [0.15, 0.2) is 11.5 Å². The summed E-state index contributed by atoms with van der Waals surface area (Å²) in [4.78, 5) is 43.9. The van der Waals surface area contributed by atoms with Crippen LogP contribution in [0, 0.1) is 5.92 Å². The molecule has 0 bridgehead atoms. The third-order valence-corrected chi connectivity index (χ3v) is 9.91. The summed E-state index contributed by atoms with van der Waals surface area (Å²) in [6.45, 7) is 5.37. The van der Waals surface area contributed by atoms with Gasteiger partial charge in [-0.15, -0.1) is 0 Å². The molecule has 3 aromatic carbocycles. The van der Waals surface area contributed by atoms with Gasteiger partial charge in [0.1, 0.15) is 11.8 Å². The molecular formula is C39H46N4O7. The van der Waals surface area contributed by atoms with Gasteiger partial charge in [0.05, 0.1) is 46.2 Å².